The first-order valence-electron chi connectivity index (χ1n) is 6.57. The summed E-state index contributed by atoms with van der Waals surface area (Å²) in [6, 6.07) is 1.54. The maximum Gasteiger partial charge on any atom is 0.410 e. The number of fused-ring (bicyclic) bond motifs is 2. The molecule has 2 aliphatic rings. The minimum atomic E-state index is -0.406. The third kappa shape index (κ3) is 3.75. The van der Waals surface area contributed by atoms with Gasteiger partial charge in [0.05, 0.1) is 0 Å². The molecule has 2 fully saturated rings. The number of hydrogen-bond acceptors (Lipinski definition) is 3. The van der Waals surface area contributed by atoms with E-state index in [1.165, 1.54) is 12.8 Å². The minimum absolute atomic E-state index is 0. The molecule has 0 aromatic heterocycles. The molecule has 2 rings (SSSR count). The van der Waals surface area contributed by atoms with Crippen molar-refractivity contribution in [3.05, 3.63) is 0 Å². The van der Waals surface area contributed by atoms with Gasteiger partial charge in [-0.05, 0) is 46.5 Å². The number of piperidine rings is 1. The van der Waals surface area contributed by atoms with Crippen molar-refractivity contribution in [2.75, 3.05) is 7.05 Å². The number of nitrogens with zero attached hydrogens (tertiary/aromatic N) is 1. The van der Waals surface area contributed by atoms with Crippen molar-refractivity contribution in [3.8, 4) is 0 Å². The lowest BCUT2D eigenvalue weighted by Crippen LogP contribution is -2.49. The molecule has 2 saturated heterocycles. The average molecular weight is 277 g/mol. The molecule has 0 aromatic carbocycles. The molecule has 0 aromatic rings. The van der Waals surface area contributed by atoms with Gasteiger partial charge in [0.25, 0.3) is 0 Å². The van der Waals surface area contributed by atoms with E-state index in [2.05, 4.69) is 5.32 Å². The lowest BCUT2D eigenvalue weighted by atomic mass is 9.99. The molecule has 1 N–H and O–H groups in total. The number of hydrogen-bond donors (Lipinski definition) is 1. The van der Waals surface area contributed by atoms with Crippen molar-refractivity contribution in [2.24, 2.45) is 0 Å². The first-order chi connectivity index (χ1) is 7.85. The Morgan fingerprint density at radius 2 is 1.72 bits per heavy atom. The molecule has 2 unspecified atom stereocenters. The zero-order valence-corrected chi connectivity index (χ0v) is 12.5. The summed E-state index contributed by atoms with van der Waals surface area (Å²) in [6.07, 6.45) is 4.44. The molecule has 5 heteroatoms. The summed E-state index contributed by atoms with van der Waals surface area (Å²) in [5.74, 6) is 0. The molecule has 2 aliphatic heterocycles. The van der Waals surface area contributed by atoms with Crippen LogP contribution in [0.1, 0.15) is 46.5 Å². The Balaban J connectivity index is 0.00000162. The van der Waals surface area contributed by atoms with Gasteiger partial charge in [0.1, 0.15) is 5.60 Å². The second-order valence-electron chi connectivity index (χ2n) is 6.35. The van der Waals surface area contributed by atoms with E-state index in [9.17, 15) is 4.79 Å². The van der Waals surface area contributed by atoms with Crippen LogP contribution >= 0.6 is 12.4 Å². The van der Waals surface area contributed by atoms with Gasteiger partial charge in [-0.25, -0.2) is 4.79 Å². The Morgan fingerprint density at radius 1 is 1.22 bits per heavy atom. The van der Waals surface area contributed by atoms with Gasteiger partial charge in [-0.15, -0.1) is 12.4 Å². The quantitative estimate of drug-likeness (QED) is 0.800. The van der Waals surface area contributed by atoms with Crippen LogP contribution in [0.5, 0.6) is 0 Å². The fraction of sp³-hybridized carbons (Fsp3) is 0.923. The number of rotatable bonds is 1. The van der Waals surface area contributed by atoms with E-state index in [-0.39, 0.29) is 18.5 Å². The molecule has 2 atom stereocenters. The van der Waals surface area contributed by atoms with Crippen LogP contribution in [-0.4, -0.2) is 41.8 Å². The molecule has 0 saturated carbocycles. The van der Waals surface area contributed by atoms with Crippen molar-refractivity contribution in [2.45, 2.75) is 70.2 Å². The predicted octanol–water partition coefficient (Wildman–Crippen LogP) is 2.56. The number of carbonyl (C=O) groups is 1. The van der Waals surface area contributed by atoms with Crippen molar-refractivity contribution in [1.82, 2.24) is 10.2 Å². The molecule has 0 radical (unpaired) electrons. The number of nitrogens with one attached hydrogen (secondary N) is 1. The molecular weight excluding hydrogens is 252 g/mol. The lowest BCUT2D eigenvalue weighted by Gasteiger charge is -2.36. The second-order valence-corrected chi connectivity index (χ2v) is 6.35. The van der Waals surface area contributed by atoms with Crippen molar-refractivity contribution in [1.29, 1.82) is 0 Å². The summed E-state index contributed by atoms with van der Waals surface area (Å²) >= 11 is 0. The highest BCUT2D eigenvalue weighted by Crippen LogP contribution is 2.29. The Hall–Kier alpha value is -0.480. The van der Waals surface area contributed by atoms with E-state index in [4.69, 9.17) is 4.74 Å². The summed E-state index contributed by atoms with van der Waals surface area (Å²) in [6.45, 7) is 5.72. The highest BCUT2D eigenvalue weighted by atomic mass is 35.5. The maximum atomic E-state index is 12.0. The van der Waals surface area contributed by atoms with Gasteiger partial charge in [0, 0.05) is 25.2 Å². The van der Waals surface area contributed by atoms with E-state index in [1.807, 2.05) is 27.8 Å². The standard InChI is InChI=1S/C13H24N2O2.ClH/c1-13(2,3)17-12(16)15(4)11-7-9-5-6-10(8-11)14-9;/h9-11,14H,5-8H2,1-4H3;1H. The molecule has 2 heterocycles. The lowest BCUT2D eigenvalue weighted by molar-refractivity contribution is 0.0177. The fourth-order valence-corrected chi connectivity index (χ4v) is 2.83. The van der Waals surface area contributed by atoms with Crippen molar-refractivity contribution in [3.63, 3.8) is 0 Å². The third-order valence-corrected chi connectivity index (χ3v) is 3.68. The predicted molar refractivity (Wildman–Crippen MR) is 74.2 cm³/mol. The highest BCUT2D eigenvalue weighted by molar-refractivity contribution is 5.85. The molecule has 2 bridgehead atoms. The molecule has 4 nitrogen and oxygen atoms in total. The highest BCUT2D eigenvalue weighted by Gasteiger charge is 2.37. The average Bonchev–Trinajstić information content (AvgIpc) is 2.54. The maximum absolute atomic E-state index is 12.0. The SMILES string of the molecule is CN(C(=O)OC(C)(C)C)C1CC2CCC(C1)N2.Cl. The number of carbonyl (C=O) groups excluding carboxylic acids is 1. The van der Waals surface area contributed by atoms with Crippen molar-refractivity contribution < 1.29 is 9.53 Å². The monoisotopic (exact) mass is 276 g/mol. The molecule has 0 aliphatic carbocycles. The van der Waals surface area contributed by atoms with Crippen LogP contribution in [0.3, 0.4) is 0 Å². The first-order valence-corrected chi connectivity index (χ1v) is 6.57. The first kappa shape index (κ1) is 15.6. The molecule has 0 spiro atoms. The van der Waals surface area contributed by atoms with Crippen LogP contribution in [-0.2, 0) is 4.74 Å². The van der Waals surface area contributed by atoms with Crippen LogP contribution < -0.4 is 5.32 Å². The van der Waals surface area contributed by atoms with Gasteiger partial charge in [-0.2, -0.15) is 0 Å². The Kier molecular flexibility index (Phi) is 4.90. The number of ether oxygens (including phenoxy) is 1. The number of amides is 1. The zero-order chi connectivity index (χ0) is 12.6. The van der Waals surface area contributed by atoms with E-state index in [0.29, 0.717) is 18.1 Å². The second kappa shape index (κ2) is 5.66. The minimum Gasteiger partial charge on any atom is -0.444 e. The summed E-state index contributed by atoms with van der Waals surface area (Å²) < 4.78 is 5.41. The van der Waals surface area contributed by atoms with Gasteiger partial charge < -0.3 is 15.0 Å². The van der Waals surface area contributed by atoms with Gasteiger partial charge >= 0.3 is 6.09 Å². The van der Waals surface area contributed by atoms with Crippen LogP contribution in [0.2, 0.25) is 0 Å². The third-order valence-electron chi connectivity index (χ3n) is 3.68. The molecule has 18 heavy (non-hydrogen) atoms. The smallest absolute Gasteiger partial charge is 0.410 e. The topological polar surface area (TPSA) is 41.6 Å². The number of halogens is 1. The molecule has 1 amide bonds. The van der Waals surface area contributed by atoms with E-state index >= 15 is 0 Å². The van der Waals surface area contributed by atoms with Crippen LogP contribution in [0, 0.1) is 0 Å². The van der Waals surface area contributed by atoms with Crippen molar-refractivity contribution >= 4 is 18.5 Å². The van der Waals surface area contributed by atoms with Gasteiger partial charge in [-0.1, -0.05) is 0 Å². The fourth-order valence-electron chi connectivity index (χ4n) is 2.83. The summed E-state index contributed by atoms with van der Waals surface area (Å²) in [5.41, 5.74) is -0.406. The normalized spacial score (nSPS) is 30.6. The van der Waals surface area contributed by atoms with Crippen LogP contribution in [0.15, 0.2) is 0 Å². The summed E-state index contributed by atoms with van der Waals surface area (Å²) in [5, 5.41) is 3.58. The summed E-state index contributed by atoms with van der Waals surface area (Å²) in [7, 11) is 1.86. The van der Waals surface area contributed by atoms with Gasteiger partial charge in [0.15, 0.2) is 0 Å². The van der Waals surface area contributed by atoms with E-state index < -0.39 is 5.60 Å². The Bertz CT molecular complexity index is 292. The molecular formula is C13H25ClN2O2. The Morgan fingerprint density at radius 3 is 2.17 bits per heavy atom. The van der Waals surface area contributed by atoms with Crippen LogP contribution in [0.25, 0.3) is 0 Å². The van der Waals surface area contributed by atoms with E-state index in [1.54, 1.807) is 4.90 Å². The largest absolute Gasteiger partial charge is 0.444 e. The van der Waals surface area contributed by atoms with Crippen LogP contribution in [0.4, 0.5) is 4.79 Å². The molecule has 106 valence electrons. The van der Waals surface area contributed by atoms with Gasteiger partial charge in [-0.3, -0.25) is 0 Å². The Labute approximate surface area is 116 Å². The van der Waals surface area contributed by atoms with Gasteiger partial charge in [0.2, 0.25) is 0 Å². The zero-order valence-electron chi connectivity index (χ0n) is 11.7. The summed E-state index contributed by atoms with van der Waals surface area (Å²) in [4.78, 5) is 13.8. The van der Waals surface area contributed by atoms with E-state index in [0.717, 1.165) is 12.8 Å².